The standard InChI is InChI=1S/C28H42N4O6Si/c1-28(2,3)39(6,7)37-17-20-15-19-9-8-13-32(27(29)33,25(19)31-24(20)26(34-4)35-5)23-16-21(10-12-30-23)38-22-11-14-36-18-22/h10,12,15-16,22,26H,8-9,11,13-14,17-18H2,1-7H3,(H-,29,33)/p+1/t22?,32-/m0/s1. The number of hydrogen-bond donors (Lipinski definition) is 1. The van der Waals surface area contributed by atoms with E-state index >= 15 is 0 Å². The number of rotatable bonds is 9. The minimum absolute atomic E-state index is 0.0340. The molecule has 0 saturated carbocycles. The second kappa shape index (κ2) is 11.6. The Bertz CT molecular complexity index is 1180. The number of carbonyl (C=O) groups is 1. The number of hydrogen-bond acceptors (Lipinski definition) is 8. The molecule has 2 aromatic heterocycles. The quantitative estimate of drug-likeness (QED) is 0.256. The van der Waals surface area contributed by atoms with Gasteiger partial charge in [0.15, 0.2) is 8.32 Å². The number of urea groups is 1. The molecular weight excluding hydrogens is 516 g/mol. The molecule has 2 N–H and O–H groups in total. The van der Waals surface area contributed by atoms with E-state index in [2.05, 4.69) is 44.9 Å². The predicted molar refractivity (Wildman–Crippen MR) is 151 cm³/mol. The summed E-state index contributed by atoms with van der Waals surface area (Å²) in [6.07, 6.45) is 3.18. The Morgan fingerprint density at radius 1 is 1.26 bits per heavy atom. The first-order chi connectivity index (χ1) is 18.4. The van der Waals surface area contributed by atoms with E-state index in [1.54, 1.807) is 32.5 Å². The van der Waals surface area contributed by atoms with E-state index in [0.29, 0.717) is 49.4 Å². The van der Waals surface area contributed by atoms with Crippen molar-refractivity contribution < 1.29 is 28.2 Å². The number of pyridine rings is 2. The van der Waals surface area contributed by atoms with Crippen LogP contribution in [-0.2, 0) is 31.7 Å². The fourth-order valence-electron chi connectivity index (χ4n) is 4.88. The molecule has 4 rings (SSSR count). The summed E-state index contributed by atoms with van der Waals surface area (Å²) in [7, 11) is 1.09. The molecule has 214 valence electrons. The van der Waals surface area contributed by atoms with Gasteiger partial charge in [0.2, 0.25) is 17.9 Å². The van der Waals surface area contributed by atoms with Crippen LogP contribution < -0.4 is 15.0 Å². The molecule has 1 saturated heterocycles. The Morgan fingerprint density at radius 2 is 2.00 bits per heavy atom. The van der Waals surface area contributed by atoms with Crippen molar-refractivity contribution in [2.75, 3.05) is 34.0 Å². The lowest BCUT2D eigenvalue weighted by molar-refractivity contribution is -0.109. The molecule has 2 amide bonds. The van der Waals surface area contributed by atoms with Crippen molar-refractivity contribution in [3.8, 4) is 5.75 Å². The van der Waals surface area contributed by atoms with Crippen molar-refractivity contribution in [2.24, 2.45) is 5.73 Å². The van der Waals surface area contributed by atoms with Crippen LogP contribution in [0.2, 0.25) is 18.1 Å². The second-order valence-corrected chi connectivity index (χ2v) is 16.6. The zero-order chi connectivity index (χ0) is 28.4. The van der Waals surface area contributed by atoms with Gasteiger partial charge in [0.25, 0.3) is 0 Å². The Labute approximate surface area is 232 Å². The van der Waals surface area contributed by atoms with Gasteiger partial charge in [-0.05, 0) is 36.7 Å². The van der Waals surface area contributed by atoms with Gasteiger partial charge in [0.1, 0.15) is 24.1 Å². The number of methoxy groups -OCH3 is 2. The molecule has 4 heterocycles. The highest BCUT2D eigenvalue weighted by Gasteiger charge is 2.48. The van der Waals surface area contributed by atoms with Crippen molar-refractivity contribution in [3.63, 3.8) is 0 Å². The van der Waals surface area contributed by atoms with Crippen LogP contribution in [0.25, 0.3) is 0 Å². The van der Waals surface area contributed by atoms with Crippen molar-refractivity contribution >= 4 is 26.0 Å². The summed E-state index contributed by atoms with van der Waals surface area (Å²) in [5, 5.41) is 0.0537. The smallest absolute Gasteiger partial charge is 0.426 e. The number of aryl methyl sites for hydroxylation is 1. The van der Waals surface area contributed by atoms with E-state index in [1.807, 2.05) is 0 Å². The molecule has 11 heteroatoms. The highest BCUT2D eigenvalue weighted by atomic mass is 28.4. The van der Waals surface area contributed by atoms with E-state index in [4.69, 9.17) is 34.1 Å². The lowest BCUT2D eigenvalue weighted by atomic mass is 9.99. The number of fused-ring (bicyclic) bond motifs is 1. The van der Waals surface area contributed by atoms with E-state index in [0.717, 1.165) is 30.4 Å². The third-order valence-corrected chi connectivity index (χ3v) is 12.7. The van der Waals surface area contributed by atoms with Crippen LogP contribution in [0, 0.1) is 0 Å². The van der Waals surface area contributed by atoms with Crippen molar-refractivity contribution in [1.82, 2.24) is 14.5 Å². The monoisotopic (exact) mass is 559 g/mol. The van der Waals surface area contributed by atoms with Crippen LogP contribution in [0.5, 0.6) is 5.75 Å². The predicted octanol–water partition coefficient (Wildman–Crippen LogP) is 5.12. The van der Waals surface area contributed by atoms with E-state index < -0.39 is 20.6 Å². The van der Waals surface area contributed by atoms with Gasteiger partial charge in [-0.25, -0.2) is 9.78 Å². The highest BCUT2D eigenvalue weighted by molar-refractivity contribution is 6.74. The van der Waals surface area contributed by atoms with Gasteiger partial charge in [0.05, 0.1) is 25.9 Å². The van der Waals surface area contributed by atoms with Gasteiger partial charge in [-0.3, -0.25) is 0 Å². The number of primary amides is 1. The van der Waals surface area contributed by atoms with Gasteiger partial charge in [0, 0.05) is 44.4 Å². The van der Waals surface area contributed by atoms with Gasteiger partial charge >= 0.3 is 6.03 Å². The molecule has 0 radical (unpaired) electrons. The molecular formula is C28H43N4O6Si+. The number of amides is 2. The molecule has 2 aliphatic heterocycles. The van der Waals surface area contributed by atoms with Crippen LogP contribution in [0.15, 0.2) is 24.4 Å². The molecule has 2 atom stereocenters. The molecule has 0 spiro atoms. The molecule has 39 heavy (non-hydrogen) atoms. The van der Waals surface area contributed by atoms with Crippen LogP contribution >= 0.6 is 0 Å². The molecule has 2 aromatic rings. The largest absolute Gasteiger partial charge is 0.488 e. The van der Waals surface area contributed by atoms with Crippen molar-refractivity contribution in [1.29, 1.82) is 0 Å². The maximum atomic E-state index is 13.3. The number of aromatic nitrogens is 2. The lowest BCUT2D eigenvalue weighted by Crippen LogP contribution is -2.56. The number of quaternary nitrogens is 1. The normalized spacial score (nSPS) is 21.7. The van der Waals surface area contributed by atoms with E-state index in [9.17, 15) is 4.79 Å². The average Bonchev–Trinajstić information content (AvgIpc) is 3.40. The highest BCUT2D eigenvalue weighted by Crippen LogP contribution is 2.43. The zero-order valence-corrected chi connectivity index (χ0v) is 25.3. The molecule has 10 nitrogen and oxygen atoms in total. The maximum absolute atomic E-state index is 13.3. The summed E-state index contributed by atoms with van der Waals surface area (Å²) < 4.78 is 29.1. The molecule has 0 aromatic carbocycles. The van der Waals surface area contributed by atoms with Crippen molar-refractivity contribution in [3.05, 3.63) is 41.2 Å². The summed E-state index contributed by atoms with van der Waals surface area (Å²) in [4.78, 5) is 23.0. The minimum atomic E-state index is -2.04. The Balaban J connectivity index is 1.80. The van der Waals surface area contributed by atoms with Gasteiger partial charge in [-0.2, -0.15) is 4.98 Å². The molecule has 1 unspecified atom stereocenters. The summed E-state index contributed by atoms with van der Waals surface area (Å²) in [6.45, 7) is 13.1. The number of nitrogens with two attached hydrogens (primary N) is 1. The third kappa shape index (κ3) is 5.89. The first kappa shape index (κ1) is 29.6. The first-order valence-corrected chi connectivity index (χ1v) is 16.5. The van der Waals surface area contributed by atoms with Crippen LogP contribution in [0.4, 0.5) is 16.4 Å². The van der Waals surface area contributed by atoms with Crippen LogP contribution in [0.3, 0.4) is 0 Å². The zero-order valence-electron chi connectivity index (χ0n) is 24.3. The number of nitrogens with zero attached hydrogens (tertiary/aromatic N) is 3. The second-order valence-electron chi connectivity index (χ2n) is 11.8. The SMILES string of the molecule is COC(OC)c1nc2c(cc1CO[Si](C)(C)C(C)(C)C)CCC[N@+]2(C(N)=O)c1cc(OC2CCOC2)ccn1. The van der Waals surface area contributed by atoms with Crippen LogP contribution in [-0.4, -0.2) is 64.4 Å². The summed E-state index contributed by atoms with van der Waals surface area (Å²) in [6, 6.07) is 5.09. The summed E-state index contributed by atoms with van der Waals surface area (Å²) in [5.41, 5.74) is 8.54. The topological polar surface area (TPSA) is 115 Å². The summed E-state index contributed by atoms with van der Waals surface area (Å²) >= 11 is 0. The van der Waals surface area contributed by atoms with Gasteiger partial charge in [-0.15, -0.1) is 4.48 Å². The third-order valence-electron chi connectivity index (χ3n) is 8.21. The minimum Gasteiger partial charge on any atom is -0.488 e. The molecule has 0 bridgehead atoms. The molecule has 0 aliphatic carbocycles. The lowest BCUT2D eigenvalue weighted by Gasteiger charge is -2.37. The van der Waals surface area contributed by atoms with Crippen LogP contribution in [0.1, 0.15) is 56.7 Å². The fraction of sp³-hybridized carbons (Fsp3) is 0.607. The van der Waals surface area contributed by atoms with E-state index in [1.165, 1.54) is 0 Å². The Hall–Kier alpha value is -2.41. The first-order valence-electron chi connectivity index (χ1n) is 13.5. The number of carbonyl (C=O) groups excluding carboxylic acids is 1. The number of ether oxygens (including phenoxy) is 4. The molecule has 2 aliphatic rings. The Morgan fingerprint density at radius 3 is 2.62 bits per heavy atom. The Kier molecular flexibility index (Phi) is 8.79. The van der Waals surface area contributed by atoms with E-state index in [-0.39, 0.29) is 15.6 Å². The van der Waals surface area contributed by atoms with Crippen molar-refractivity contribution in [2.45, 2.75) is 77.2 Å². The summed E-state index contributed by atoms with van der Waals surface area (Å²) in [5.74, 6) is 1.62. The maximum Gasteiger partial charge on any atom is 0.426 e. The fourth-order valence-corrected chi connectivity index (χ4v) is 5.83. The van der Waals surface area contributed by atoms with Gasteiger partial charge in [-0.1, -0.05) is 20.8 Å². The molecule has 1 fully saturated rings. The average molecular weight is 560 g/mol. The van der Waals surface area contributed by atoms with Gasteiger partial charge < -0.3 is 29.1 Å².